The zero-order valence-corrected chi connectivity index (χ0v) is 16.9. The number of ether oxygens (including phenoxy) is 2. The topological polar surface area (TPSA) is 68.7 Å². The summed E-state index contributed by atoms with van der Waals surface area (Å²) in [5, 5.41) is 9.34. The Balaban J connectivity index is 1.72. The molecule has 0 aliphatic carbocycles. The van der Waals surface area contributed by atoms with Crippen LogP contribution in [0, 0.1) is 13.8 Å². The number of benzene rings is 2. The average Bonchev–Trinajstić information content (AvgIpc) is 3.04. The molecular weight excluding hydrogens is 419 g/mol. The lowest BCUT2D eigenvalue weighted by Gasteiger charge is -2.09. The Labute approximate surface area is 174 Å². The van der Waals surface area contributed by atoms with Crippen molar-refractivity contribution < 1.29 is 32.5 Å². The van der Waals surface area contributed by atoms with Crippen molar-refractivity contribution >= 4 is 17.3 Å². The van der Waals surface area contributed by atoms with E-state index >= 15 is 0 Å². The fourth-order valence-electron chi connectivity index (χ4n) is 2.66. The Hall–Kier alpha value is -3.07. The summed E-state index contributed by atoms with van der Waals surface area (Å²) in [4.78, 5) is 15.9. The monoisotopic (exact) mass is 437 g/mol. The minimum atomic E-state index is -4.38. The van der Waals surface area contributed by atoms with Crippen LogP contribution in [0.15, 0.2) is 42.5 Å². The van der Waals surface area contributed by atoms with Gasteiger partial charge in [0.2, 0.25) is 0 Å². The van der Waals surface area contributed by atoms with Gasteiger partial charge in [0.05, 0.1) is 16.1 Å². The highest BCUT2D eigenvalue weighted by Crippen LogP contribution is 2.33. The molecule has 158 valence electrons. The first-order valence-electron chi connectivity index (χ1n) is 8.85. The van der Waals surface area contributed by atoms with E-state index in [1.54, 1.807) is 25.1 Å². The zero-order chi connectivity index (χ0) is 21.9. The van der Waals surface area contributed by atoms with Gasteiger partial charge in [0.1, 0.15) is 23.1 Å². The quantitative estimate of drug-likeness (QED) is 0.530. The van der Waals surface area contributed by atoms with Crippen LogP contribution in [0.1, 0.15) is 21.7 Å². The van der Waals surface area contributed by atoms with Crippen molar-refractivity contribution in [1.29, 1.82) is 0 Å². The molecule has 0 saturated carbocycles. The Morgan fingerprint density at radius 2 is 1.70 bits per heavy atom. The molecule has 1 N–H and O–H groups in total. The standard InChI is InChI=1S/C21H18F3NO4S/c1-12-7-16(9-17(8-12)29-11-19(26)27)28-10-18-13(2)25-20(30-18)14-3-5-15(6-4-14)21(22,23)24/h3-9H,10-11H2,1-2H3,(H,26,27). The molecule has 0 bridgehead atoms. The highest BCUT2D eigenvalue weighted by molar-refractivity contribution is 7.15. The summed E-state index contributed by atoms with van der Waals surface area (Å²) in [5.41, 5.74) is 1.47. The fourth-order valence-corrected chi connectivity index (χ4v) is 3.64. The highest BCUT2D eigenvalue weighted by Gasteiger charge is 2.30. The predicted octanol–water partition coefficient (Wildman–Crippen LogP) is 5.49. The molecule has 0 saturated heterocycles. The van der Waals surface area contributed by atoms with Gasteiger partial charge in [0.25, 0.3) is 0 Å². The maximum Gasteiger partial charge on any atom is 0.416 e. The van der Waals surface area contributed by atoms with Crippen molar-refractivity contribution in [3.05, 3.63) is 64.2 Å². The summed E-state index contributed by atoms with van der Waals surface area (Å²) in [6.45, 7) is 3.40. The second-order valence-electron chi connectivity index (χ2n) is 6.56. The normalized spacial score (nSPS) is 11.4. The fraction of sp³-hybridized carbons (Fsp3) is 0.238. The van der Waals surface area contributed by atoms with Gasteiger partial charge < -0.3 is 14.6 Å². The molecule has 3 rings (SSSR count). The molecule has 0 atom stereocenters. The Morgan fingerprint density at radius 1 is 1.07 bits per heavy atom. The molecule has 0 unspecified atom stereocenters. The van der Waals surface area contributed by atoms with Crippen molar-refractivity contribution in [3.8, 4) is 22.1 Å². The molecule has 0 aliphatic heterocycles. The van der Waals surface area contributed by atoms with Crippen LogP contribution in [0.25, 0.3) is 10.6 Å². The second-order valence-corrected chi connectivity index (χ2v) is 7.64. The summed E-state index contributed by atoms with van der Waals surface area (Å²) in [6, 6.07) is 9.97. The first-order chi connectivity index (χ1) is 14.1. The number of hydrogen-bond acceptors (Lipinski definition) is 5. The number of hydrogen-bond donors (Lipinski definition) is 1. The number of rotatable bonds is 7. The maximum absolute atomic E-state index is 12.7. The van der Waals surface area contributed by atoms with Gasteiger partial charge in [-0.1, -0.05) is 12.1 Å². The van der Waals surface area contributed by atoms with Gasteiger partial charge in [-0.2, -0.15) is 13.2 Å². The summed E-state index contributed by atoms with van der Waals surface area (Å²) in [5.74, 6) is -0.173. The third-order valence-corrected chi connectivity index (χ3v) is 5.29. The molecule has 0 radical (unpaired) electrons. The SMILES string of the molecule is Cc1cc(OCC(=O)O)cc(OCc2sc(-c3ccc(C(F)(F)F)cc3)nc2C)c1. The second kappa shape index (κ2) is 8.74. The van der Waals surface area contributed by atoms with Crippen LogP contribution in [0.5, 0.6) is 11.5 Å². The number of carboxylic acid groups (broad SMARTS) is 1. The van der Waals surface area contributed by atoms with Gasteiger partial charge in [0.15, 0.2) is 6.61 Å². The summed E-state index contributed by atoms with van der Waals surface area (Å²) >= 11 is 1.34. The van der Waals surface area contributed by atoms with Crippen LogP contribution in [0.3, 0.4) is 0 Å². The van der Waals surface area contributed by atoms with Crippen LogP contribution in [-0.4, -0.2) is 22.7 Å². The molecular formula is C21H18F3NO4S. The number of nitrogens with zero attached hydrogens (tertiary/aromatic N) is 1. The molecule has 2 aromatic carbocycles. The van der Waals surface area contributed by atoms with Crippen molar-refractivity contribution in [2.75, 3.05) is 6.61 Å². The molecule has 0 fully saturated rings. The van der Waals surface area contributed by atoms with Gasteiger partial charge in [-0.25, -0.2) is 9.78 Å². The van der Waals surface area contributed by atoms with E-state index in [9.17, 15) is 18.0 Å². The van der Waals surface area contributed by atoms with Gasteiger partial charge in [0, 0.05) is 11.6 Å². The summed E-state index contributed by atoms with van der Waals surface area (Å²) in [6.07, 6.45) is -4.38. The molecule has 3 aromatic rings. The minimum absolute atomic E-state index is 0.214. The Bertz CT molecular complexity index is 1050. The zero-order valence-electron chi connectivity index (χ0n) is 16.1. The van der Waals surface area contributed by atoms with E-state index in [2.05, 4.69) is 4.98 Å². The van der Waals surface area contributed by atoms with Crippen molar-refractivity contribution in [2.45, 2.75) is 26.6 Å². The number of halogens is 3. The molecule has 30 heavy (non-hydrogen) atoms. The smallest absolute Gasteiger partial charge is 0.416 e. The van der Waals surface area contributed by atoms with Crippen molar-refractivity contribution in [3.63, 3.8) is 0 Å². The minimum Gasteiger partial charge on any atom is -0.488 e. The van der Waals surface area contributed by atoms with Crippen LogP contribution in [-0.2, 0) is 17.6 Å². The van der Waals surface area contributed by atoms with Crippen LogP contribution < -0.4 is 9.47 Å². The summed E-state index contributed by atoms with van der Waals surface area (Å²) in [7, 11) is 0. The Morgan fingerprint density at radius 3 is 2.30 bits per heavy atom. The van der Waals surface area contributed by atoms with Crippen molar-refractivity contribution in [2.24, 2.45) is 0 Å². The molecule has 1 heterocycles. The van der Waals surface area contributed by atoms with Gasteiger partial charge in [-0.15, -0.1) is 11.3 Å². The lowest BCUT2D eigenvalue weighted by atomic mass is 10.1. The van der Waals surface area contributed by atoms with E-state index in [-0.39, 0.29) is 6.61 Å². The van der Waals surface area contributed by atoms with Gasteiger partial charge in [-0.05, 0) is 43.7 Å². The van der Waals surface area contributed by atoms with E-state index in [0.29, 0.717) is 22.1 Å². The third kappa shape index (κ3) is 5.50. The number of carbonyl (C=O) groups is 1. The largest absolute Gasteiger partial charge is 0.488 e. The molecule has 5 nitrogen and oxygen atoms in total. The number of thiazole rings is 1. The highest BCUT2D eigenvalue weighted by atomic mass is 32.1. The number of aryl methyl sites for hydroxylation is 2. The van der Waals surface area contributed by atoms with E-state index in [1.807, 2.05) is 6.92 Å². The number of aromatic nitrogens is 1. The summed E-state index contributed by atoms with van der Waals surface area (Å²) < 4.78 is 49.2. The Kier molecular flexibility index (Phi) is 6.31. The third-order valence-electron chi connectivity index (χ3n) is 4.11. The lowest BCUT2D eigenvalue weighted by molar-refractivity contribution is -0.139. The number of carboxylic acids is 1. The van der Waals surface area contributed by atoms with Gasteiger partial charge >= 0.3 is 12.1 Å². The maximum atomic E-state index is 12.7. The molecule has 9 heteroatoms. The van der Waals surface area contributed by atoms with Crippen LogP contribution in [0.4, 0.5) is 13.2 Å². The number of alkyl halides is 3. The van der Waals surface area contributed by atoms with E-state index in [1.165, 1.54) is 23.5 Å². The van der Waals surface area contributed by atoms with Crippen LogP contribution >= 0.6 is 11.3 Å². The van der Waals surface area contributed by atoms with E-state index in [4.69, 9.17) is 14.6 Å². The first kappa shape index (κ1) is 21.6. The van der Waals surface area contributed by atoms with Crippen LogP contribution in [0.2, 0.25) is 0 Å². The number of aliphatic carboxylic acids is 1. The lowest BCUT2D eigenvalue weighted by Crippen LogP contribution is -2.09. The average molecular weight is 437 g/mol. The van der Waals surface area contributed by atoms with E-state index in [0.717, 1.165) is 28.3 Å². The molecule has 0 amide bonds. The molecule has 0 spiro atoms. The van der Waals surface area contributed by atoms with Gasteiger partial charge in [-0.3, -0.25) is 0 Å². The first-order valence-corrected chi connectivity index (χ1v) is 9.66. The predicted molar refractivity (Wildman–Crippen MR) is 106 cm³/mol. The van der Waals surface area contributed by atoms with Crippen molar-refractivity contribution in [1.82, 2.24) is 4.98 Å². The van der Waals surface area contributed by atoms with E-state index < -0.39 is 24.3 Å². The molecule has 1 aromatic heterocycles. The molecule has 0 aliphatic rings.